The van der Waals surface area contributed by atoms with Crippen LogP contribution in [0, 0.1) is 0 Å². The fourth-order valence-corrected chi connectivity index (χ4v) is 1.84. The van der Waals surface area contributed by atoms with Gasteiger partial charge in [0, 0.05) is 19.5 Å². The molecule has 0 aliphatic heterocycles. The maximum Gasteiger partial charge on any atom is 0.282 e. The molecule has 100 valence electrons. The lowest BCUT2D eigenvalue weighted by atomic mass is 10.3. The van der Waals surface area contributed by atoms with Crippen molar-refractivity contribution >= 4 is 28.3 Å². The Morgan fingerprint density at radius 2 is 2.11 bits per heavy atom. The smallest absolute Gasteiger partial charge is 0.282 e. The van der Waals surface area contributed by atoms with Crippen LogP contribution >= 0.6 is 11.3 Å². The van der Waals surface area contributed by atoms with Crippen molar-refractivity contribution in [1.82, 2.24) is 15.5 Å². The van der Waals surface area contributed by atoms with E-state index in [1.165, 1.54) is 11.3 Å². The first-order valence-electron chi connectivity index (χ1n) is 5.77. The Labute approximate surface area is 109 Å². The standard InChI is InChI=1S/C10H17N5O2S/c1-2-5-13-10-15-14-9(18-10)8(17)12-6-3-4-7(11)16/h2-6H2,1H3,(H2,11,16)(H,12,17)(H,13,15). The van der Waals surface area contributed by atoms with Crippen LogP contribution in [0.1, 0.15) is 36.0 Å². The van der Waals surface area contributed by atoms with Gasteiger partial charge in [-0.3, -0.25) is 9.59 Å². The van der Waals surface area contributed by atoms with Crippen LogP contribution in [0.15, 0.2) is 0 Å². The van der Waals surface area contributed by atoms with Gasteiger partial charge in [0.2, 0.25) is 16.0 Å². The van der Waals surface area contributed by atoms with Gasteiger partial charge in [0.25, 0.3) is 5.91 Å². The van der Waals surface area contributed by atoms with Crippen molar-refractivity contribution < 1.29 is 9.59 Å². The Balaban J connectivity index is 2.32. The van der Waals surface area contributed by atoms with Crippen molar-refractivity contribution in [2.45, 2.75) is 26.2 Å². The number of amides is 2. The van der Waals surface area contributed by atoms with Crippen LogP contribution in [0.3, 0.4) is 0 Å². The van der Waals surface area contributed by atoms with Gasteiger partial charge < -0.3 is 16.4 Å². The highest BCUT2D eigenvalue weighted by atomic mass is 32.1. The van der Waals surface area contributed by atoms with Crippen LogP contribution < -0.4 is 16.4 Å². The zero-order chi connectivity index (χ0) is 13.4. The third-order valence-corrected chi connectivity index (χ3v) is 2.91. The first-order valence-corrected chi connectivity index (χ1v) is 6.59. The summed E-state index contributed by atoms with van der Waals surface area (Å²) in [5, 5.41) is 14.3. The van der Waals surface area contributed by atoms with Crippen molar-refractivity contribution in [2.24, 2.45) is 5.73 Å². The summed E-state index contributed by atoms with van der Waals surface area (Å²) in [7, 11) is 0. The summed E-state index contributed by atoms with van der Waals surface area (Å²) in [5.74, 6) is -0.646. The summed E-state index contributed by atoms with van der Waals surface area (Å²) in [6.45, 7) is 3.24. The van der Waals surface area contributed by atoms with E-state index in [4.69, 9.17) is 5.73 Å². The van der Waals surface area contributed by atoms with Gasteiger partial charge in [0.1, 0.15) is 0 Å². The van der Waals surface area contributed by atoms with Crippen LogP contribution in [-0.2, 0) is 4.79 Å². The molecule has 1 heterocycles. The number of nitrogens with zero attached hydrogens (tertiary/aromatic N) is 2. The summed E-state index contributed by atoms with van der Waals surface area (Å²) < 4.78 is 0. The first-order chi connectivity index (χ1) is 8.63. The number of primary amides is 1. The Morgan fingerprint density at radius 1 is 1.33 bits per heavy atom. The van der Waals surface area contributed by atoms with Crippen molar-refractivity contribution in [2.75, 3.05) is 18.4 Å². The highest BCUT2D eigenvalue weighted by molar-refractivity contribution is 7.17. The zero-order valence-electron chi connectivity index (χ0n) is 10.2. The summed E-state index contributed by atoms with van der Waals surface area (Å²) in [5.41, 5.74) is 4.99. The molecule has 1 aromatic rings. The number of hydrogen-bond donors (Lipinski definition) is 3. The molecule has 8 heteroatoms. The number of rotatable bonds is 8. The molecule has 0 aliphatic carbocycles. The molecule has 0 unspecified atom stereocenters. The van der Waals surface area contributed by atoms with Gasteiger partial charge in [0.15, 0.2) is 0 Å². The summed E-state index contributed by atoms with van der Waals surface area (Å²) in [6, 6.07) is 0. The Kier molecular flexibility index (Phi) is 6.06. The number of nitrogens with one attached hydrogen (secondary N) is 2. The van der Waals surface area contributed by atoms with E-state index in [1.54, 1.807) is 0 Å². The molecule has 0 atom stereocenters. The predicted octanol–water partition coefficient (Wildman–Crippen LogP) is 0.355. The average Bonchev–Trinajstić information content (AvgIpc) is 2.80. The Hall–Kier alpha value is -1.70. The first kappa shape index (κ1) is 14.4. The third kappa shape index (κ3) is 5.09. The van der Waals surface area contributed by atoms with Crippen molar-refractivity contribution in [3.63, 3.8) is 0 Å². The molecule has 0 aliphatic rings. The number of aromatic nitrogens is 2. The quantitative estimate of drug-likeness (QED) is 0.591. The highest BCUT2D eigenvalue weighted by Crippen LogP contribution is 2.14. The van der Waals surface area contributed by atoms with E-state index in [-0.39, 0.29) is 18.2 Å². The molecule has 18 heavy (non-hydrogen) atoms. The summed E-state index contributed by atoms with van der Waals surface area (Å²) in [4.78, 5) is 22.1. The number of carbonyl (C=O) groups excluding carboxylic acids is 2. The predicted molar refractivity (Wildman–Crippen MR) is 69.5 cm³/mol. The maximum absolute atomic E-state index is 11.6. The van der Waals surface area contributed by atoms with Gasteiger partial charge in [-0.15, -0.1) is 10.2 Å². The second-order valence-electron chi connectivity index (χ2n) is 3.66. The van der Waals surface area contributed by atoms with E-state index in [0.717, 1.165) is 13.0 Å². The van der Waals surface area contributed by atoms with Crippen molar-refractivity contribution in [1.29, 1.82) is 0 Å². The maximum atomic E-state index is 11.6. The second-order valence-corrected chi connectivity index (χ2v) is 4.64. The fourth-order valence-electron chi connectivity index (χ4n) is 1.16. The van der Waals surface area contributed by atoms with E-state index >= 15 is 0 Å². The molecule has 1 aromatic heterocycles. The van der Waals surface area contributed by atoms with E-state index in [2.05, 4.69) is 20.8 Å². The molecule has 1 rings (SSSR count). The zero-order valence-corrected chi connectivity index (χ0v) is 11.0. The minimum Gasteiger partial charge on any atom is -0.370 e. The van der Waals surface area contributed by atoms with E-state index < -0.39 is 0 Å². The van der Waals surface area contributed by atoms with Crippen LogP contribution in [0.5, 0.6) is 0 Å². The topological polar surface area (TPSA) is 110 Å². The normalized spacial score (nSPS) is 10.1. The van der Waals surface area contributed by atoms with Gasteiger partial charge >= 0.3 is 0 Å². The lowest BCUT2D eigenvalue weighted by Gasteiger charge is -2.00. The number of hydrogen-bond acceptors (Lipinski definition) is 6. The molecule has 0 aromatic carbocycles. The average molecular weight is 271 g/mol. The fraction of sp³-hybridized carbons (Fsp3) is 0.600. The van der Waals surface area contributed by atoms with E-state index in [0.29, 0.717) is 23.1 Å². The molecule has 7 nitrogen and oxygen atoms in total. The molecule has 0 radical (unpaired) electrons. The van der Waals surface area contributed by atoms with Crippen molar-refractivity contribution in [3.05, 3.63) is 5.01 Å². The van der Waals surface area contributed by atoms with Crippen LogP contribution in [-0.4, -0.2) is 35.1 Å². The number of nitrogens with two attached hydrogens (primary N) is 1. The Morgan fingerprint density at radius 3 is 2.78 bits per heavy atom. The summed E-state index contributed by atoms with van der Waals surface area (Å²) in [6.07, 6.45) is 1.77. The minimum absolute atomic E-state index is 0.264. The molecule has 0 saturated carbocycles. The van der Waals surface area contributed by atoms with Gasteiger partial charge in [0.05, 0.1) is 0 Å². The largest absolute Gasteiger partial charge is 0.370 e. The lowest BCUT2D eigenvalue weighted by molar-refractivity contribution is -0.118. The second kappa shape index (κ2) is 7.59. The highest BCUT2D eigenvalue weighted by Gasteiger charge is 2.11. The van der Waals surface area contributed by atoms with Gasteiger partial charge in [-0.1, -0.05) is 18.3 Å². The molecular formula is C10H17N5O2S. The molecular weight excluding hydrogens is 254 g/mol. The molecule has 0 spiro atoms. The number of anilines is 1. The van der Waals surface area contributed by atoms with E-state index in [1.807, 2.05) is 6.92 Å². The monoisotopic (exact) mass is 271 g/mol. The third-order valence-electron chi connectivity index (χ3n) is 2.03. The number of carbonyl (C=O) groups is 2. The molecule has 4 N–H and O–H groups in total. The van der Waals surface area contributed by atoms with Gasteiger partial charge in [-0.25, -0.2) is 0 Å². The SMILES string of the molecule is CCCNc1nnc(C(=O)NCCCC(N)=O)s1. The molecule has 0 bridgehead atoms. The van der Waals surface area contributed by atoms with Crippen molar-refractivity contribution in [3.8, 4) is 0 Å². The van der Waals surface area contributed by atoms with Crippen LogP contribution in [0.25, 0.3) is 0 Å². The summed E-state index contributed by atoms with van der Waals surface area (Å²) >= 11 is 1.21. The molecule has 0 saturated heterocycles. The van der Waals surface area contributed by atoms with Crippen LogP contribution in [0.4, 0.5) is 5.13 Å². The minimum atomic E-state index is -0.369. The molecule has 2 amide bonds. The lowest BCUT2D eigenvalue weighted by Crippen LogP contribution is -2.25. The van der Waals surface area contributed by atoms with Gasteiger partial charge in [-0.05, 0) is 12.8 Å². The Bertz CT molecular complexity index is 407. The molecule has 0 fully saturated rings. The van der Waals surface area contributed by atoms with E-state index in [9.17, 15) is 9.59 Å². The van der Waals surface area contributed by atoms with Gasteiger partial charge in [-0.2, -0.15) is 0 Å². The van der Waals surface area contributed by atoms with Crippen LogP contribution in [0.2, 0.25) is 0 Å².